The van der Waals surface area contributed by atoms with Gasteiger partial charge in [-0.15, -0.1) is 0 Å². The van der Waals surface area contributed by atoms with Crippen LogP contribution in [0.15, 0.2) is 30.5 Å². The van der Waals surface area contributed by atoms with Crippen molar-refractivity contribution in [3.05, 3.63) is 58.7 Å². The molecule has 6 heteroatoms. The Balaban J connectivity index is 1.57. The first-order valence-electron chi connectivity index (χ1n) is 9.70. The summed E-state index contributed by atoms with van der Waals surface area (Å²) in [5.74, 6) is 0.853. The highest BCUT2D eigenvalue weighted by molar-refractivity contribution is 5.94. The van der Waals surface area contributed by atoms with Gasteiger partial charge in [-0.25, -0.2) is 9.97 Å². The number of aromatic nitrogens is 2. The second-order valence-corrected chi connectivity index (χ2v) is 7.27. The van der Waals surface area contributed by atoms with Gasteiger partial charge in [0.05, 0.1) is 12.6 Å². The van der Waals surface area contributed by atoms with Crippen LogP contribution in [0.1, 0.15) is 58.3 Å². The summed E-state index contributed by atoms with van der Waals surface area (Å²) in [6, 6.07) is 7.66. The molecule has 1 atom stereocenters. The van der Waals surface area contributed by atoms with Gasteiger partial charge < -0.3 is 15.0 Å². The number of nitrogens with one attached hydrogen (secondary N) is 1. The number of ether oxygens (including phenoxy) is 1. The molecular weight excluding hydrogens is 340 g/mol. The zero-order valence-corrected chi connectivity index (χ0v) is 15.8. The number of rotatable bonds is 4. The summed E-state index contributed by atoms with van der Waals surface area (Å²) in [6.45, 7) is 3.09. The first-order valence-corrected chi connectivity index (χ1v) is 9.70. The Morgan fingerprint density at radius 3 is 2.96 bits per heavy atom. The van der Waals surface area contributed by atoms with Crippen molar-refractivity contribution in [1.29, 1.82) is 0 Å². The minimum absolute atomic E-state index is 0.0370. The zero-order chi connectivity index (χ0) is 18.6. The van der Waals surface area contributed by atoms with E-state index in [4.69, 9.17) is 9.72 Å². The summed E-state index contributed by atoms with van der Waals surface area (Å²) in [7, 11) is 1.67. The molecule has 27 heavy (non-hydrogen) atoms. The number of piperidine rings is 1. The summed E-state index contributed by atoms with van der Waals surface area (Å²) in [5.41, 5.74) is 4.08. The van der Waals surface area contributed by atoms with Gasteiger partial charge in [0, 0.05) is 56.2 Å². The number of carbonyl (C=O) groups excluding carboxylic acids is 1. The number of carbonyl (C=O) groups is 1. The van der Waals surface area contributed by atoms with E-state index in [0.717, 1.165) is 62.4 Å². The Bertz CT molecular complexity index is 806. The van der Waals surface area contributed by atoms with Crippen LogP contribution in [0.4, 0.5) is 0 Å². The van der Waals surface area contributed by atoms with E-state index in [1.54, 1.807) is 7.11 Å². The molecule has 1 fully saturated rings. The molecule has 3 heterocycles. The van der Waals surface area contributed by atoms with Crippen molar-refractivity contribution in [2.24, 2.45) is 0 Å². The standard InChI is InChI=1S/C21H26N4O2/c1-27-14-15-5-7-16(8-6-15)21(26)25-11-3-2-4-19(25)20-23-13-17-12-22-10-9-18(17)24-20/h5-8,13,19,22H,2-4,9-12,14H2,1H3/t19-/m0/s1. The predicted octanol–water partition coefficient (Wildman–Crippen LogP) is 2.64. The van der Waals surface area contributed by atoms with E-state index in [0.29, 0.717) is 12.2 Å². The third kappa shape index (κ3) is 3.87. The molecule has 1 aromatic carbocycles. The van der Waals surface area contributed by atoms with Crippen molar-refractivity contribution in [3.63, 3.8) is 0 Å². The van der Waals surface area contributed by atoms with E-state index in [9.17, 15) is 4.79 Å². The Morgan fingerprint density at radius 2 is 2.15 bits per heavy atom. The minimum atomic E-state index is -0.0370. The van der Waals surface area contributed by atoms with E-state index in [1.807, 2.05) is 35.4 Å². The summed E-state index contributed by atoms with van der Waals surface area (Å²) >= 11 is 0. The lowest BCUT2D eigenvalue weighted by Gasteiger charge is -2.35. The second-order valence-electron chi connectivity index (χ2n) is 7.27. The largest absolute Gasteiger partial charge is 0.380 e. The summed E-state index contributed by atoms with van der Waals surface area (Å²) in [5, 5.41) is 3.35. The molecular formula is C21H26N4O2. The average molecular weight is 366 g/mol. The molecule has 142 valence electrons. The van der Waals surface area contributed by atoms with Crippen molar-refractivity contribution in [2.45, 2.75) is 44.9 Å². The second kappa shape index (κ2) is 8.15. The van der Waals surface area contributed by atoms with Gasteiger partial charge >= 0.3 is 0 Å². The first-order chi connectivity index (χ1) is 13.3. The van der Waals surface area contributed by atoms with Crippen molar-refractivity contribution < 1.29 is 9.53 Å². The molecule has 0 saturated carbocycles. The van der Waals surface area contributed by atoms with E-state index in [2.05, 4.69) is 10.3 Å². The Labute approximate surface area is 160 Å². The van der Waals surface area contributed by atoms with E-state index >= 15 is 0 Å². The lowest BCUT2D eigenvalue weighted by atomic mass is 9.99. The fourth-order valence-corrected chi connectivity index (χ4v) is 3.93. The fourth-order valence-electron chi connectivity index (χ4n) is 3.93. The van der Waals surface area contributed by atoms with Crippen LogP contribution in [0.2, 0.25) is 0 Å². The fraction of sp³-hybridized carbons (Fsp3) is 0.476. The molecule has 6 nitrogen and oxygen atoms in total. The molecule has 0 spiro atoms. The number of likely N-dealkylation sites (tertiary alicyclic amines) is 1. The number of fused-ring (bicyclic) bond motifs is 1. The van der Waals surface area contributed by atoms with Gasteiger partial charge in [0.1, 0.15) is 0 Å². The SMILES string of the molecule is COCc1ccc(C(=O)N2CCCC[C@H]2c2ncc3c(n2)CCNC3)cc1. The lowest BCUT2D eigenvalue weighted by Crippen LogP contribution is -2.39. The van der Waals surface area contributed by atoms with Gasteiger partial charge in [-0.3, -0.25) is 4.79 Å². The topological polar surface area (TPSA) is 67.3 Å². The molecule has 0 aliphatic carbocycles. The molecule has 4 rings (SSSR count). The number of benzene rings is 1. The van der Waals surface area contributed by atoms with Gasteiger partial charge in [-0.2, -0.15) is 0 Å². The van der Waals surface area contributed by atoms with Crippen LogP contribution in [-0.4, -0.2) is 41.0 Å². The average Bonchev–Trinajstić information content (AvgIpc) is 2.74. The quantitative estimate of drug-likeness (QED) is 0.901. The Morgan fingerprint density at radius 1 is 1.30 bits per heavy atom. The number of amides is 1. The van der Waals surface area contributed by atoms with Crippen LogP contribution in [0.3, 0.4) is 0 Å². The highest BCUT2D eigenvalue weighted by atomic mass is 16.5. The molecule has 0 unspecified atom stereocenters. The number of nitrogens with zero attached hydrogens (tertiary/aromatic N) is 3. The summed E-state index contributed by atoms with van der Waals surface area (Å²) in [4.78, 5) is 24.6. The molecule has 0 radical (unpaired) electrons. The van der Waals surface area contributed by atoms with E-state index in [-0.39, 0.29) is 11.9 Å². The smallest absolute Gasteiger partial charge is 0.254 e. The van der Waals surface area contributed by atoms with Gasteiger partial charge in [-0.05, 0) is 37.0 Å². The number of methoxy groups -OCH3 is 1. The highest BCUT2D eigenvalue weighted by Gasteiger charge is 2.31. The maximum atomic E-state index is 13.2. The van der Waals surface area contributed by atoms with Gasteiger partial charge in [0.2, 0.25) is 0 Å². The van der Waals surface area contributed by atoms with Crippen molar-refractivity contribution in [3.8, 4) is 0 Å². The van der Waals surface area contributed by atoms with E-state index < -0.39 is 0 Å². The monoisotopic (exact) mass is 366 g/mol. The minimum Gasteiger partial charge on any atom is -0.380 e. The van der Waals surface area contributed by atoms with Gasteiger partial charge in [-0.1, -0.05) is 12.1 Å². The molecule has 2 aromatic rings. The molecule has 1 amide bonds. The van der Waals surface area contributed by atoms with Crippen LogP contribution in [0.25, 0.3) is 0 Å². The van der Waals surface area contributed by atoms with Crippen LogP contribution >= 0.6 is 0 Å². The van der Waals surface area contributed by atoms with Crippen LogP contribution in [-0.2, 0) is 24.3 Å². The Kier molecular flexibility index (Phi) is 5.45. The highest BCUT2D eigenvalue weighted by Crippen LogP contribution is 2.31. The van der Waals surface area contributed by atoms with Crippen molar-refractivity contribution >= 4 is 5.91 Å². The summed E-state index contributed by atoms with van der Waals surface area (Å²) < 4.78 is 5.15. The van der Waals surface area contributed by atoms with Gasteiger partial charge in [0.25, 0.3) is 5.91 Å². The van der Waals surface area contributed by atoms with Crippen LogP contribution in [0, 0.1) is 0 Å². The third-order valence-corrected chi connectivity index (χ3v) is 5.40. The third-order valence-electron chi connectivity index (χ3n) is 5.40. The maximum absolute atomic E-state index is 13.2. The lowest BCUT2D eigenvalue weighted by molar-refractivity contribution is 0.0599. The molecule has 1 N–H and O–H groups in total. The first kappa shape index (κ1) is 18.1. The van der Waals surface area contributed by atoms with Crippen LogP contribution < -0.4 is 5.32 Å². The van der Waals surface area contributed by atoms with Crippen molar-refractivity contribution in [2.75, 3.05) is 20.2 Å². The Hall–Kier alpha value is -2.31. The maximum Gasteiger partial charge on any atom is 0.254 e. The zero-order valence-electron chi connectivity index (χ0n) is 15.8. The van der Waals surface area contributed by atoms with Crippen molar-refractivity contribution in [1.82, 2.24) is 20.2 Å². The normalized spacial score (nSPS) is 19.6. The molecule has 2 aliphatic rings. The molecule has 0 bridgehead atoms. The van der Waals surface area contributed by atoms with Crippen LogP contribution in [0.5, 0.6) is 0 Å². The van der Waals surface area contributed by atoms with E-state index in [1.165, 1.54) is 5.56 Å². The molecule has 2 aliphatic heterocycles. The summed E-state index contributed by atoms with van der Waals surface area (Å²) in [6.07, 6.45) is 5.90. The number of hydrogen-bond acceptors (Lipinski definition) is 5. The molecule has 1 aromatic heterocycles. The number of hydrogen-bond donors (Lipinski definition) is 1. The van der Waals surface area contributed by atoms with Gasteiger partial charge in [0.15, 0.2) is 5.82 Å². The molecule has 1 saturated heterocycles. The predicted molar refractivity (Wildman–Crippen MR) is 102 cm³/mol.